The number of halogens is 5. The van der Waals surface area contributed by atoms with Crippen LogP contribution >= 0.6 is 23.2 Å². The summed E-state index contributed by atoms with van der Waals surface area (Å²) in [6.45, 7) is 0.389. The number of anilines is 1. The SMILES string of the molecule is CN(CC(=O)O)c1ccc(Cn2cc(-c3ccc(Cl)cc3Cl)nc2C=Cc2ccc(-c3ccc(C(F)(F)F)cc3)cc2)cc1. The molecule has 5 rings (SSSR count). The van der Waals surface area contributed by atoms with E-state index in [1.165, 1.54) is 12.1 Å². The van der Waals surface area contributed by atoms with E-state index < -0.39 is 17.7 Å². The van der Waals surface area contributed by atoms with Gasteiger partial charge in [-0.15, -0.1) is 0 Å². The molecule has 5 aromatic rings. The Morgan fingerprint density at radius 2 is 1.55 bits per heavy atom. The Morgan fingerprint density at radius 3 is 2.14 bits per heavy atom. The predicted octanol–water partition coefficient (Wildman–Crippen LogP) is 9.28. The first-order valence-electron chi connectivity index (χ1n) is 13.5. The first-order valence-corrected chi connectivity index (χ1v) is 14.2. The fourth-order valence-corrected chi connectivity index (χ4v) is 5.18. The second kappa shape index (κ2) is 13.0. The van der Waals surface area contributed by atoms with Gasteiger partial charge in [-0.1, -0.05) is 77.8 Å². The van der Waals surface area contributed by atoms with Crippen molar-refractivity contribution in [2.24, 2.45) is 0 Å². The zero-order valence-corrected chi connectivity index (χ0v) is 24.9. The molecule has 0 aliphatic rings. The molecule has 0 unspecified atom stereocenters. The van der Waals surface area contributed by atoms with Crippen LogP contribution in [0.5, 0.6) is 0 Å². The fourth-order valence-electron chi connectivity index (χ4n) is 4.67. The van der Waals surface area contributed by atoms with Crippen LogP contribution in [0.15, 0.2) is 97.2 Å². The van der Waals surface area contributed by atoms with Gasteiger partial charge >= 0.3 is 12.1 Å². The Hall–Kier alpha value is -4.53. The molecule has 0 aliphatic carbocycles. The summed E-state index contributed by atoms with van der Waals surface area (Å²) in [5, 5.41) is 10.1. The molecular weight excluding hydrogens is 610 g/mol. The van der Waals surface area contributed by atoms with Gasteiger partial charge in [0.05, 0.1) is 16.3 Å². The lowest BCUT2D eigenvalue weighted by Gasteiger charge is -2.17. The fraction of sp³-hybridized carbons (Fsp3) is 0.118. The van der Waals surface area contributed by atoms with Crippen molar-refractivity contribution in [3.05, 3.63) is 130 Å². The summed E-state index contributed by atoms with van der Waals surface area (Å²) in [7, 11) is 1.72. The summed E-state index contributed by atoms with van der Waals surface area (Å²) >= 11 is 12.6. The van der Waals surface area contributed by atoms with Crippen LogP contribution in [0.1, 0.15) is 22.5 Å². The third kappa shape index (κ3) is 7.51. The Kier molecular flexibility index (Phi) is 9.13. The minimum Gasteiger partial charge on any atom is -0.480 e. The molecule has 0 fully saturated rings. The van der Waals surface area contributed by atoms with Crippen LogP contribution in [0.2, 0.25) is 10.0 Å². The van der Waals surface area contributed by atoms with E-state index >= 15 is 0 Å². The zero-order valence-electron chi connectivity index (χ0n) is 23.4. The molecular formula is C34H26Cl2F3N3O2. The number of benzene rings is 4. The van der Waals surface area contributed by atoms with E-state index in [4.69, 9.17) is 33.3 Å². The number of aliphatic carboxylic acids is 1. The van der Waals surface area contributed by atoms with Gasteiger partial charge in [0, 0.05) is 36.1 Å². The molecule has 0 saturated heterocycles. The van der Waals surface area contributed by atoms with Crippen LogP contribution in [-0.2, 0) is 17.5 Å². The topological polar surface area (TPSA) is 58.4 Å². The van der Waals surface area contributed by atoms with E-state index in [1.807, 2.05) is 77.5 Å². The highest BCUT2D eigenvalue weighted by Gasteiger charge is 2.30. The molecule has 224 valence electrons. The van der Waals surface area contributed by atoms with Crippen molar-refractivity contribution in [3.8, 4) is 22.4 Å². The van der Waals surface area contributed by atoms with Crippen molar-refractivity contribution in [1.29, 1.82) is 0 Å². The lowest BCUT2D eigenvalue weighted by atomic mass is 10.0. The molecule has 1 heterocycles. The number of carboxylic acids is 1. The molecule has 0 bridgehead atoms. The van der Waals surface area contributed by atoms with E-state index in [0.29, 0.717) is 33.7 Å². The lowest BCUT2D eigenvalue weighted by Crippen LogP contribution is -2.24. The average Bonchev–Trinajstić information content (AvgIpc) is 3.38. The molecule has 44 heavy (non-hydrogen) atoms. The van der Waals surface area contributed by atoms with E-state index in [0.717, 1.165) is 40.1 Å². The van der Waals surface area contributed by atoms with Gasteiger partial charge in [-0.3, -0.25) is 4.79 Å². The largest absolute Gasteiger partial charge is 0.480 e. The van der Waals surface area contributed by atoms with Crippen molar-refractivity contribution in [2.75, 3.05) is 18.5 Å². The number of hydrogen-bond donors (Lipinski definition) is 1. The van der Waals surface area contributed by atoms with Crippen molar-refractivity contribution in [1.82, 2.24) is 9.55 Å². The maximum absolute atomic E-state index is 12.9. The molecule has 1 N–H and O–H groups in total. The Morgan fingerprint density at radius 1 is 0.909 bits per heavy atom. The molecule has 0 saturated carbocycles. The summed E-state index contributed by atoms with van der Waals surface area (Å²) in [6.07, 6.45) is 1.33. The predicted molar refractivity (Wildman–Crippen MR) is 170 cm³/mol. The van der Waals surface area contributed by atoms with Crippen LogP contribution in [0.25, 0.3) is 34.5 Å². The van der Waals surface area contributed by atoms with Crippen molar-refractivity contribution in [3.63, 3.8) is 0 Å². The third-order valence-electron chi connectivity index (χ3n) is 7.00. The molecule has 0 radical (unpaired) electrons. The molecule has 5 nitrogen and oxygen atoms in total. The maximum atomic E-state index is 12.9. The maximum Gasteiger partial charge on any atom is 0.416 e. The second-order valence-electron chi connectivity index (χ2n) is 10.2. The molecule has 0 aliphatic heterocycles. The third-order valence-corrected chi connectivity index (χ3v) is 7.55. The Balaban J connectivity index is 1.40. The summed E-state index contributed by atoms with van der Waals surface area (Å²) in [5.74, 6) is -0.237. The van der Waals surface area contributed by atoms with E-state index in [9.17, 15) is 18.0 Å². The van der Waals surface area contributed by atoms with Gasteiger partial charge in [-0.25, -0.2) is 4.98 Å². The molecule has 1 aromatic heterocycles. The first-order chi connectivity index (χ1) is 21.0. The van der Waals surface area contributed by atoms with E-state index in [-0.39, 0.29) is 6.54 Å². The molecule has 0 atom stereocenters. The lowest BCUT2D eigenvalue weighted by molar-refractivity contribution is -0.137. The van der Waals surface area contributed by atoms with Crippen LogP contribution in [0.3, 0.4) is 0 Å². The molecule has 4 aromatic carbocycles. The Labute approximate surface area is 262 Å². The van der Waals surface area contributed by atoms with Crippen molar-refractivity contribution < 1.29 is 23.1 Å². The zero-order chi connectivity index (χ0) is 31.4. The highest BCUT2D eigenvalue weighted by Crippen LogP contribution is 2.32. The number of carboxylic acid groups (broad SMARTS) is 1. The number of nitrogens with zero attached hydrogens (tertiary/aromatic N) is 3. The molecule has 0 spiro atoms. The summed E-state index contributed by atoms with van der Waals surface area (Å²) in [4.78, 5) is 17.6. The van der Waals surface area contributed by atoms with Crippen LogP contribution in [0, 0.1) is 0 Å². The summed E-state index contributed by atoms with van der Waals surface area (Å²) < 4.78 is 40.8. The number of carbonyl (C=O) groups is 1. The number of aromatic nitrogens is 2. The average molecular weight is 637 g/mol. The standard InChI is InChI=1S/C34H26Cl2F3N3O2/c1-41(21-33(43)44)28-14-4-23(5-15-28)19-42-20-31(29-16-13-27(35)18-30(29)36)40-32(42)17-6-22-2-7-24(8-3-22)25-9-11-26(12-10-25)34(37,38)39/h2-18,20H,19,21H2,1H3,(H,43,44). The minimum absolute atomic E-state index is 0.105. The van der Waals surface area contributed by atoms with Crippen molar-refractivity contribution >= 4 is 47.0 Å². The second-order valence-corrected chi connectivity index (χ2v) is 11.0. The minimum atomic E-state index is -4.38. The number of imidazole rings is 1. The molecule has 10 heteroatoms. The van der Waals surface area contributed by atoms with Crippen LogP contribution < -0.4 is 4.90 Å². The number of rotatable bonds is 9. The van der Waals surface area contributed by atoms with Gasteiger partial charge in [0.2, 0.25) is 0 Å². The van der Waals surface area contributed by atoms with Gasteiger partial charge in [0.25, 0.3) is 0 Å². The molecule has 0 amide bonds. The van der Waals surface area contributed by atoms with Gasteiger partial charge in [-0.05, 0) is 70.8 Å². The van der Waals surface area contributed by atoms with Gasteiger partial charge < -0.3 is 14.6 Å². The van der Waals surface area contributed by atoms with Crippen molar-refractivity contribution in [2.45, 2.75) is 12.7 Å². The number of alkyl halides is 3. The monoisotopic (exact) mass is 635 g/mol. The number of hydrogen-bond acceptors (Lipinski definition) is 3. The van der Waals surface area contributed by atoms with Crippen LogP contribution in [0.4, 0.5) is 18.9 Å². The highest BCUT2D eigenvalue weighted by molar-refractivity contribution is 6.36. The number of likely N-dealkylation sites (N-methyl/N-ethyl adjacent to an activating group) is 1. The summed E-state index contributed by atoms with van der Waals surface area (Å²) in [6, 6.07) is 25.4. The highest BCUT2D eigenvalue weighted by atomic mass is 35.5. The van der Waals surface area contributed by atoms with Crippen LogP contribution in [-0.4, -0.2) is 34.2 Å². The van der Waals surface area contributed by atoms with Gasteiger partial charge in [-0.2, -0.15) is 13.2 Å². The van der Waals surface area contributed by atoms with E-state index in [1.54, 1.807) is 24.1 Å². The quantitative estimate of drug-likeness (QED) is 0.175. The normalized spacial score (nSPS) is 11.7. The Bertz CT molecular complexity index is 1800. The van der Waals surface area contributed by atoms with E-state index in [2.05, 4.69) is 0 Å². The smallest absolute Gasteiger partial charge is 0.416 e. The van der Waals surface area contributed by atoms with Gasteiger partial charge in [0.1, 0.15) is 12.4 Å². The first kappa shape index (κ1) is 30.9. The van der Waals surface area contributed by atoms with Gasteiger partial charge in [0.15, 0.2) is 0 Å². The summed E-state index contributed by atoms with van der Waals surface area (Å²) in [5.41, 5.74) is 4.86.